The van der Waals surface area contributed by atoms with Gasteiger partial charge in [-0.25, -0.2) is 9.13 Å². The van der Waals surface area contributed by atoms with E-state index in [2.05, 4.69) is 58.9 Å². The van der Waals surface area contributed by atoms with Crippen LogP contribution in [0.3, 0.4) is 0 Å². The lowest BCUT2D eigenvalue weighted by molar-refractivity contribution is -0.161. The summed E-state index contributed by atoms with van der Waals surface area (Å²) in [5.74, 6) is -1.32. The molecule has 0 aliphatic heterocycles. The van der Waals surface area contributed by atoms with Gasteiger partial charge in [-0.2, -0.15) is 0 Å². The van der Waals surface area contributed by atoms with Gasteiger partial charge >= 0.3 is 39.5 Å². The number of carbonyl (C=O) groups is 4. The van der Waals surface area contributed by atoms with Crippen LogP contribution in [-0.2, 0) is 65.4 Å². The number of esters is 4. The predicted molar refractivity (Wildman–Crippen MR) is 372 cm³/mol. The molecule has 17 nitrogen and oxygen atoms in total. The normalized spacial score (nSPS) is 14.5. The van der Waals surface area contributed by atoms with Crippen LogP contribution in [0.4, 0.5) is 0 Å². The largest absolute Gasteiger partial charge is 0.472 e. The van der Waals surface area contributed by atoms with Gasteiger partial charge in [-0.15, -0.1) is 0 Å². The summed E-state index contributed by atoms with van der Waals surface area (Å²) < 4.78 is 68.2. The molecule has 0 aromatic heterocycles. The van der Waals surface area contributed by atoms with Crippen molar-refractivity contribution in [3.63, 3.8) is 0 Å². The molecule has 0 amide bonds. The number of allylic oxidation sites excluding steroid dienone is 4. The molecule has 0 radical (unpaired) electrons. The Hall–Kier alpha value is -2.46. The predicted octanol–water partition coefficient (Wildman–Crippen LogP) is 20.9. The molecule has 19 heteroatoms. The summed E-state index contributed by atoms with van der Waals surface area (Å²) in [5, 5.41) is 10.6. The van der Waals surface area contributed by atoms with E-state index in [-0.39, 0.29) is 25.7 Å². The third-order valence-electron chi connectivity index (χ3n) is 16.8. The lowest BCUT2D eigenvalue weighted by Gasteiger charge is -2.21. The highest BCUT2D eigenvalue weighted by Gasteiger charge is 2.30. The second-order valence-electron chi connectivity index (χ2n) is 25.9. The lowest BCUT2D eigenvalue weighted by atomic mass is 9.99. The fourth-order valence-electron chi connectivity index (χ4n) is 10.6. The molecule has 0 aromatic rings. The summed E-state index contributed by atoms with van der Waals surface area (Å²) in [6, 6.07) is 0. The highest BCUT2D eigenvalue weighted by Crippen LogP contribution is 2.45. The summed E-state index contributed by atoms with van der Waals surface area (Å²) in [6.07, 6.45) is 56.6. The van der Waals surface area contributed by atoms with Gasteiger partial charge in [0.05, 0.1) is 26.4 Å². The van der Waals surface area contributed by atoms with Crippen molar-refractivity contribution in [1.29, 1.82) is 0 Å². The van der Waals surface area contributed by atoms with Crippen LogP contribution < -0.4 is 0 Å². The third kappa shape index (κ3) is 64.9. The molecule has 0 saturated heterocycles. The fraction of sp³-hybridized carbons (Fsp3) is 0.890. The molecule has 0 rings (SSSR count). The molecule has 0 spiro atoms. The Morgan fingerprint density at radius 1 is 0.348 bits per heavy atom. The van der Waals surface area contributed by atoms with E-state index in [4.69, 9.17) is 37.0 Å². The minimum atomic E-state index is -4.96. The number of phosphoric ester groups is 2. The van der Waals surface area contributed by atoms with Crippen molar-refractivity contribution in [2.45, 2.75) is 374 Å². The van der Waals surface area contributed by atoms with Crippen LogP contribution in [0.5, 0.6) is 0 Å². The minimum absolute atomic E-state index is 0.101. The number of hydrogen-bond donors (Lipinski definition) is 3. The standard InChI is InChI=1S/C73H138O17P2/c1-6-10-13-16-18-20-22-24-26-31-34-38-42-47-52-57-71(76)84-63-69(90-73(78)59-54-49-44-40-36-32-28-27-29-33-37-41-46-50-55-66(5)9-4)65-88-92(81,82)86-61-67(74)60-85-91(79,80)87-64-68(62-83-70(75)56-51-45-15-12-8-3)89-72(77)58-53-48-43-39-35-30-25-23-21-19-17-14-11-7-2/h20,22,24,26,66-69,74H,6-19,21,23,25,27-65H2,1-5H3,(H,79,80)(H,81,82)/b22-20-,26-24-/t66?,67-,68+,69+/m0/s1. The average molecular weight is 1350 g/mol. The average Bonchev–Trinajstić information content (AvgIpc) is 2.68. The van der Waals surface area contributed by atoms with Crippen LogP contribution in [-0.4, -0.2) is 96.7 Å². The molecular weight excluding hydrogens is 1210 g/mol. The maximum atomic E-state index is 13.0. The Bertz CT molecular complexity index is 1870. The number of carbonyl (C=O) groups excluding carboxylic acids is 4. The topological polar surface area (TPSA) is 237 Å². The van der Waals surface area contributed by atoms with Crippen LogP contribution in [0.2, 0.25) is 0 Å². The minimum Gasteiger partial charge on any atom is -0.462 e. The molecule has 6 atom stereocenters. The Morgan fingerprint density at radius 2 is 0.609 bits per heavy atom. The number of phosphoric acid groups is 2. The molecule has 0 fully saturated rings. The quantitative estimate of drug-likeness (QED) is 0.0169. The summed E-state index contributed by atoms with van der Waals surface area (Å²) in [4.78, 5) is 72.4. The van der Waals surface area contributed by atoms with E-state index in [1.54, 1.807) is 0 Å². The number of unbranched alkanes of at least 4 members (excludes halogenated alkanes) is 39. The Morgan fingerprint density at radius 3 is 0.924 bits per heavy atom. The van der Waals surface area contributed by atoms with Crippen molar-refractivity contribution in [3.8, 4) is 0 Å². The van der Waals surface area contributed by atoms with Crippen molar-refractivity contribution >= 4 is 39.5 Å². The van der Waals surface area contributed by atoms with Crippen molar-refractivity contribution in [3.05, 3.63) is 24.3 Å². The van der Waals surface area contributed by atoms with E-state index in [9.17, 15) is 43.2 Å². The monoisotopic (exact) mass is 1350 g/mol. The van der Waals surface area contributed by atoms with E-state index in [1.165, 1.54) is 154 Å². The number of aliphatic hydroxyl groups excluding tert-OH is 1. The van der Waals surface area contributed by atoms with E-state index in [0.717, 1.165) is 121 Å². The molecule has 0 heterocycles. The summed E-state index contributed by atoms with van der Waals surface area (Å²) >= 11 is 0. The molecule has 0 aromatic carbocycles. The van der Waals surface area contributed by atoms with Crippen LogP contribution in [0.15, 0.2) is 24.3 Å². The lowest BCUT2D eigenvalue weighted by Crippen LogP contribution is -2.30. The number of ether oxygens (including phenoxy) is 4. The van der Waals surface area contributed by atoms with Crippen molar-refractivity contribution in [2.24, 2.45) is 5.92 Å². The second kappa shape index (κ2) is 65.8. The summed E-state index contributed by atoms with van der Waals surface area (Å²) in [6.45, 7) is 7.17. The zero-order chi connectivity index (χ0) is 67.7. The van der Waals surface area contributed by atoms with Crippen LogP contribution in [0, 0.1) is 5.92 Å². The van der Waals surface area contributed by atoms with Gasteiger partial charge < -0.3 is 33.8 Å². The van der Waals surface area contributed by atoms with E-state index in [0.29, 0.717) is 25.7 Å². The highest BCUT2D eigenvalue weighted by atomic mass is 31.2. The van der Waals surface area contributed by atoms with E-state index in [1.807, 2.05) is 0 Å². The van der Waals surface area contributed by atoms with Gasteiger partial charge in [0.25, 0.3) is 0 Å². The zero-order valence-corrected chi connectivity index (χ0v) is 61.0. The maximum Gasteiger partial charge on any atom is 0.472 e. The van der Waals surface area contributed by atoms with Crippen LogP contribution >= 0.6 is 15.6 Å². The van der Waals surface area contributed by atoms with Gasteiger partial charge in [-0.3, -0.25) is 37.3 Å². The molecule has 0 bridgehead atoms. The van der Waals surface area contributed by atoms with Gasteiger partial charge in [-0.1, -0.05) is 303 Å². The first-order chi connectivity index (χ1) is 44.6. The first-order valence-corrected chi connectivity index (χ1v) is 40.5. The Balaban J connectivity index is 5.19. The number of rotatable bonds is 71. The first-order valence-electron chi connectivity index (χ1n) is 37.5. The maximum absolute atomic E-state index is 13.0. The third-order valence-corrected chi connectivity index (χ3v) is 18.7. The number of aliphatic hydroxyl groups is 1. The van der Waals surface area contributed by atoms with E-state index >= 15 is 0 Å². The van der Waals surface area contributed by atoms with Gasteiger partial charge in [0, 0.05) is 25.7 Å². The number of hydrogen-bond acceptors (Lipinski definition) is 15. The first kappa shape index (κ1) is 89.5. The molecule has 0 aliphatic rings. The van der Waals surface area contributed by atoms with Crippen LogP contribution in [0.25, 0.3) is 0 Å². The molecule has 0 aliphatic carbocycles. The molecule has 542 valence electrons. The molecule has 0 saturated carbocycles. The smallest absolute Gasteiger partial charge is 0.462 e. The van der Waals surface area contributed by atoms with Crippen molar-refractivity contribution < 1.29 is 80.2 Å². The Labute approximate surface area is 561 Å². The SMILES string of the molecule is CCCCCC/C=C\C=C/CCCCCCCC(=O)OC[C@H](COP(=O)(O)OC[C@@H](O)COP(=O)(O)OC[C@@H](COC(=O)CCCCCCC)OC(=O)CCCCCCCCCCCCCCCC)OC(=O)CCCCCCCCCCCCCCCCC(C)CC. The molecule has 3 N–H and O–H groups in total. The van der Waals surface area contributed by atoms with Crippen molar-refractivity contribution in [2.75, 3.05) is 39.6 Å². The summed E-state index contributed by atoms with van der Waals surface area (Å²) in [5.41, 5.74) is 0. The highest BCUT2D eigenvalue weighted by molar-refractivity contribution is 7.47. The van der Waals surface area contributed by atoms with Gasteiger partial charge in [0.15, 0.2) is 12.2 Å². The molecule has 92 heavy (non-hydrogen) atoms. The molecule has 3 unspecified atom stereocenters. The molecular formula is C73H138O17P2. The second-order valence-corrected chi connectivity index (χ2v) is 28.8. The zero-order valence-electron chi connectivity index (χ0n) is 59.2. The van der Waals surface area contributed by atoms with Crippen LogP contribution in [0.1, 0.15) is 356 Å². The van der Waals surface area contributed by atoms with Gasteiger partial charge in [-0.05, 0) is 57.3 Å². The summed E-state index contributed by atoms with van der Waals surface area (Å²) in [7, 11) is -9.91. The fourth-order valence-corrected chi connectivity index (χ4v) is 12.2. The van der Waals surface area contributed by atoms with E-state index < -0.39 is 97.5 Å². The van der Waals surface area contributed by atoms with Gasteiger partial charge in [0.1, 0.15) is 19.3 Å². The van der Waals surface area contributed by atoms with Gasteiger partial charge in [0.2, 0.25) is 0 Å². The van der Waals surface area contributed by atoms with Crippen molar-refractivity contribution in [1.82, 2.24) is 0 Å². The Kier molecular flexibility index (Phi) is 64.0.